The van der Waals surface area contributed by atoms with Crippen LogP contribution in [-0.2, 0) is 9.63 Å². The lowest BCUT2D eigenvalue weighted by Gasteiger charge is -2.12. The average Bonchev–Trinajstić information content (AvgIpc) is 2.67. The largest absolute Gasteiger partial charge is 0.497 e. The summed E-state index contributed by atoms with van der Waals surface area (Å²) in [4.78, 5) is 27.6. The van der Waals surface area contributed by atoms with Crippen molar-refractivity contribution in [3.05, 3.63) is 58.1 Å². The maximum absolute atomic E-state index is 12.2. The van der Waals surface area contributed by atoms with E-state index in [1.807, 2.05) is 0 Å². The Balaban J connectivity index is 1.98. The third-order valence-electron chi connectivity index (χ3n) is 3.49. The molecule has 0 saturated carbocycles. The Kier molecular flexibility index (Phi) is 6.70. The first-order valence-electron chi connectivity index (χ1n) is 7.90. The lowest BCUT2D eigenvalue weighted by atomic mass is 10.2. The average molecular weight is 373 g/mol. The number of non-ortho nitro benzene ring substituents is 1. The van der Waals surface area contributed by atoms with Crippen molar-refractivity contribution in [3.63, 3.8) is 0 Å². The van der Waals surface area contributed by atoms with Crippen LogP contribution in [0.25, 0.3) is 0 Å². The van der Waals surface area contributed by atoms with Gasteiger partial charge in [0.05, 0.1) is 25.4 Å². The van der Waals surface area contributed by atoms with E-state index in [4.69, 9.17) is 14.3 Å². The maximum atomic E-state index is 12.2. The van der Waals surface area contributed by atoms with E-state index in [1.54, 1.807) is 24.3 Å². The number of hydrogen-bond acceptors (Lipinski definition) is 7. The van der Waals surface area contributed by atoms with Gasteiger partial charge < -0.3 is 19.6 Å². The van der Waals surface area contributed by atoms with Gasteiger partial charge in [0.1, 0.15) is 11.5 Å². The van der Waals surface area contributed by atoms with Gasteiger partial charge in [-0.2, -0.15) is 0 Å². The molecule has 0 heterocycles. The predicted octanol–water partition coefficient (Wildman–Crippen LogP) is 2.99. The normalized spacial score (nSPS) is 11.7. The van der Waals surface area contributed by atoms with Crippen LogP contribution >= 0.6 is 0 Å². The fourth-order valence-corrected chi connectivity index (χ4v) is 2.07. The Labute approximate surface area is 155 Å². The molecule has 1 amide bonds. The van der Waals surface area contributed by atoms with Gasteiger partial charge in [-0.3, -0.25) is 14.9 Å². The van der Waals surface area contributed by atoms with E-state index >= 15 is 0 Å². The number of amides is 1. The van der Waals surface area contributed by atoms with Gasteiger partial charge in [-0.1, -0.05) is 17.3 Å². The molecular formula is C18H19N3O6. The van der Waals surface area contributed by atoms with Crippen LogP contribution in [-0.4, -0.2) is 37.4 Å². The molecule has 0 fully saturated rings. The summed E-state index contributed by atoms with van der Waals surface area (Å²) >= 11 is 0. The Hall–Kier alpha value is -3.62. The van der Waals surface area contributed by atoms with Crippen molar-refractivity contribution in [3.8, 4) is 11.5 Å². The summed E-state index contributed by atoms with van der Waals surface area (Å²) in [5.41, 5.74) is 0.903. The molecule has 1 N–H and O–H groups in total. The summed E-state index contributed by atoms with van der Waals surface area (Å²) in [5.74, 6) is 0.630. The zero-order valence-corrected chi connectivity index (χ0v) is 15.0. The maximum Gasteiger partial charge on any atom is 0.270 e. The molecule has 0 aliphatic rings. The molecule has 0 bridgehead atoms. The molecule has 2 aromatic rings. The third kappa shape index (κ3) is 5.70. The van der Waals surface area contributed by atoms with Gasteiger partial charge in [0.15, 0.2) is 0 Å². The van der Waals surface area contributed by atoms with Crippen LogP contribution in [0.3, 0.4) is 0 Å². The fraction of sp³-hybridized carbons (Fsp3) is 0.222. The number of nitro benzene ring substituents is 1. The molecule has 2 rings (SSSR count). The summed E-state index contributed by atoms with van der Waals surface area (Å²) in [6, 6.07) is 10.8. The molecule has 0 radical (unpaired) electrons. The minimum absolute atomic E-state index is 0.0586. The number of rotatable bonds is 8. The molecule has 1 unspecified atom stereocenters. The van der Waals surface area contributed by atoms with Crippen LogP contribution in [0.5, 0.6) is 11.5 Å². The molecule has 0 aliphatic heterocycles. The highest BCUT2D eigenvalue weighted by Gasteiger charge is 2.15. The number of anilines is 1. The van der Waals surface area contributed by atoms with Crippen molar-refractivity contribution in [2.75, 3.05) is 19.5 Å². The highest BCUT2D eigenvalue weighted by molar-refractivity contribution is 5.94. The van der Waals surface area contributed by atoms with E-state index in [2.05, 4.69) is 10.5 Å². The lowest BCUT2D eigenvalue weighted by molar-refractivity contribution is -0.384. The molecule has 142 valence electrons. The highest BCUT2D eigenvalue weighted by atomic mass is 16.6. The monoisotopic (exact) mass is 373 g/mol. The number of carbonyl (C=O) groups excluding carboxylic acids is 1. The van der Waals surface area contributed by atoms with Gasteiger partial charge in [-0.05, 0) is 6.92 Å². The quantitative estimate of drug-likeness (QED) is 0.432. The Morgan fingerprint density at radius 3 is 2.44 bits per heavy atom. The molecule has 9 nitrogen and oxygen atoms in total. The first-order valence-corrected chi connectivity index (χ1v) is 7.90. The zero-order valence-electron chi connectivity index (χ0n) is 15.0. The topological polar surface area (TPSA) is 112 Å². The molecule has 0 spiro atoms. The van der Waals surface area contributed by atoms with E-state index < -0.39 is 16.9 Å². The summed E-state index contributed by atoms with van der Waals surface area (Å²) in [7, 11) is 3.02. The van der Waals surface area contributed by atoms with Crippen LogP contribution in [0.1, 0.15) is 12.5 Å². The van der Waals surface area contributed by atoms with Crippen molar-refractivity contribution in [2.24, 2.45) is 5.16 Å². The number of methoxy groups -OCH3 is 2. The first kappa shape index (κ1) is 19.7. The first-order chi connectivity index (χ1) is 12.9. The van der Waals surface area contributed by atoms with Crippen LogP contribution in [0.2, 0.25) is 0 Å². The number of nitrogens with zero attached hydrogens (tertiary/aromatic N) is 2. The van der Waals surface area contributed by atoms with E-state index in [1.165, 1.54) is 45.6 Å². The number of nitrogens with one attached hydrogen (secondary N) is 1. The van der Waals surface area contributed by atoms with Gasteiger partial charge in [0, 0.05) is 41.6 Å². The van der Waals surface area contributed by atoms with Gasteiger partial charge >= 0.3 is 0 Å². The molecule has 27 heavy (non-hydrogen) atoms. The van der Waals surface area contributed by atoms with Gasteiger partial charge in [-0.25, -0.2) is 0 Å². The van der Waals surface area contributed by atoms with Crippen molar-refractivity contribution in [1.29, 1.82) is 0 Å². The van der Waals surface area contributed by atoms with Crippen LogP contribution in [0, 0.1) is 10.1 Å². The van der Waals surface area contributed by atoms with E-state index in [0.717, 1.165) is 0 Å². The summed E-state index contributed by atoms with van der Waals surface area (Å²) < 4.78 is 10.3. The molecule has 0 aromatic heterocycles. The Bertz CT molecular complexity index is 830. The number of ether oxygens (including phenoxy) is 2. The Morgan fingerprint density at radius 2 is 1.85 bits per heavy atom. The minimum Gasteiger partial charge on any atom is -0.497 e. The smallest absolute Gasteiger partial charge is 0.270 e. The fourth-order valence-electron chi connectivity index (χ4n) is 2.07. The van der Waals surface area contributed by atoms with Crippen LogP contribution in [0.15, 0.2) is 47.6 Å². The van der Waals surface area contributed by atoms with Crippen LogP contribution in [0.4, 0.5) is 11.4 Å². The van der Waals surface area contributed by atoms with E-state index in [-0.39, 0.29) is 5.69 Å². The second-order valence-corrected chi connectivity index (χ2v) is 5.42. The number of oxime groups is 1. The van der Waals surface area contributed by atoms with Crippen molar-refractivity contribution in [1.82, 2.24) is 0 Å². The highest BCUT2D eigenvalue weighted by Crippen LogP contribution is 2.25. The van der Waals surface area contributed by atoms with E-state index in [9.17, 15) is 14.9 Å². The molecule has 9 heteroatoms. The predicted molar refractivity (Wildman–Crippen MR) is 99.4 cm³/mol. The van der Waals surface area contributed by atoms with E-state index in [0.29, 0.717) is 22.7 Å². The van der Waals surface area contributed by atoms with Gasteiger partial charge in [-0.15, -0.1) is 0 Å². The standard InChI is InChI=1S/C18H19N3O6/c1-12(27-19-11-13-5-4-6-15(7-13)21(23)24)18(22)20-14-8-16(25-2)10-17(9-14)26-3/h4-12H,1-3H3,(H,20,22)/b19-11+. The second kappa shape index (κ2) is 9.18. The summed E-state index contributed by atoms with van der Waals surface area (Å²) in [5, 5.41) is 17.1. The molecule has 1 atom stereocenters. The zero-order chi connectivity index (χ0) is 19.8. The van der Waals surface area contributed by atoms with Gasteiger partial charge in [0.25, 0.3) is 11.6 Å². The van der Waals surface area contributed by atoms with Crippen molar-refractivity contribution >= 4 is 23.5 Å². The van der Waals surface area contributed by atoms with Gasteiger partial charge in [0.2, 0.25) is 6.10 Å². The number of hydrogen-bond donors (Lipinski definition) is 1. The lowest BCUT2D eigenvalue weighted by Crippen LogP contribution is -2.26. The van der Waals surface area contributed by atoms with Crippen molar-refractivity contribution in [2.45, 2.75) is 13.0 Å². The number of nitro groups is 1. The minimum atomic E-state index is -0.892. The second-order valence-electron chi connectivity index (χ2n) is 5.42. The van der Waals surface area contributed by atoms with Crippen LogP contribution < -0.4 is 14.8 Å². The molecule has 2 aromatic carbocycles. The SMILES string of the molecule is COc1cc(NC(=O)C(C)O/N=C/c2cccc([N+](=O)[O-])c2)cc(OC)c1. The number of carbonyl (C=O) groups is 1. The Morgan fingerprint density at radius 1 is 1.19 bits per heavy atom. The third-order valence-corrected chi connectivity index (χ3v) is 3.49. The summed E-state index contributed by atoms with van der Waals surface area (Å²) in [6.45, 7) is 1.53. The molecule has 0 aliphatic carbocycles. The summed E-state index contributed by atoms with van der Waals surface area (Å²) in [6.07, 6.45) is 0.405. The molecule has 0 saturated heterocycles. The molecular weight excluding hydrogens is 354 g/mol. The van der Waals surface area contributed by atoms with Crippen molar-refractivity contribution < 1.29 is 24.0 Å². The number of benzene rings is 2.